The molecule has 1 fully saturated rings. The van der Waals surface area contributed by atoms with Gasteiger partial charge in [0.15, 0.2) is 0 Å². The molecule has 2 rings (SSSR count). The van der Waals surface area contributed by atoms with E-state index in [1.54, 1.807) is 12.1 Å². The molecule has 1 N–H and O–H groups in total. The summed E-state index contributed by atoms with van der Waals surface area (Å²) in [5.41, 5.74) is 0.457. The molecular formula is C13H18FNO2S. The monoisotopic (exact) mass is 271 g/mol. The lowest BCUT2D eigenvalue weighted by atomic mass is 9.89. The van der Waals surface area contributed by atoms with Crippen LogP contribution in [0, 0.1) is 5.82 Å². The van der Waals surface area contributed by atoms with Crippen molar-refractivity contribution in [2.45, 2.75) is 31.1 Å². The maximum Gasteiger partial charge on any atom is 0.123 e. The fourth-order valence-electron chi connectivity index (χ4n) is 1.69. The van der Waals surface area contributed by atoms with Gasteiger partial charge in [0.05, 0.1) is 28.9 Å². The van der Waals surface area contributed by atoms with Gasteiger partial charge in [-0.3, -0.25) is 0 Å². The Morgan fingerprint density at radius 1 is 1.28 bits per heavy atom. The summed E-state index contributed by atoms with van der Waals surface area (Å²) in [5.74, 6) is -0.272. The maximum absolute atomic E-state index is 12.9. The second-order valence-corrected chi connectivity index (χ2v) is 7.53. The Bertz CT molecular complexity index is 449. The SMILES string of the molecule is CC(C)(C)S(=O)NC1(c2ccc(F)cc2)COC1. The lowest BCUT2D eigenvalue weighted by molar-refractivity contribution is -0.0659. The van der Waals surface area contributed by atoms with Crippen molar-refractivity contribution >= 4 is 11.0 Å². The Kier molecular flexibility index (Phi) is 3.58. The summed E-state index contributed by atoms with van der Waals surface area (Å²) in [6.45, 7) is 6.65. The van der Waals surface area contributed by atoms with Crippen LogP contribution in [0.5, 0.6) is 0 Å². The standard InChI is InChI=1S/C13H18FNO2S/c1-12(2,3)18(16)15-13(8-17-9-13)10-4-6-11(14)7-5-10/h4-7,15H,8-9H2,1-3H3. The van der Waals surface area contributed by atoms with E-state index < -0.39 is 16.5 Å². The van der Waals surface area contributed by atoms with Crippen LogP contribution in [0.4, 0.5) is 4.39 Å². The highest BCUT2D eigenvalue weighted by molar-refractivity contribution is 7.84. The van der Waals surface area contributed by atoms with Crippen LogP contribution >= 0.6 is 0 Å². The van der Waals surface area contributed by atoms with E-state index in [1.165, 1.54) is 12.1 Å². The summed E-state index contributed by atoms with van der Waals surface area (Å²) in [6.07, 6.45) is 0. The van der Waals surface area contributed by atoms with Gasteiger partial charge in [0.25, 0.3) is 0 Å². The van der Waals surface area contributed by atoms with Gasteiger partial charge in [-0.05, 0) is 38.5 Å². The molecule has 1 aliphatic heterocycles. The molecule has 1 aromatic rings. The Hall–Kier alpha value is -0.780. The van der Waals surface area contributed by atoms with E-state index in [9.17, 15) is 8.60 Å². The molecule has 1 saturated heterocycles. The first-order valence-corrected chi connectivity index (χ1v) is 7.02. The minimum Gasteiger partial charge on any atom is -0.377 e. The molecule has 1 heterocycles. The maximum atomic E-state index is 12.9. The normalized spacial score (nSPS) is 20.2. The molecule has 0 spiro atoms. The summed E-state index contributed by atoms with van der Waals surface area (Å²) in [6, 6.07) is 6.25. The fourth-order valence-corrected chi connectivity index (χ4v) is 2.59. The van der Waals surface area contributed by atoms with Crippen LogP contribution in [0.15, 0.2) is 24.3 Å². The smallest absolute Gasteiger partial charge is 0.123 e. The number of benzene rings is 1. The summed E-state index contributed by atoms with van der Waals surface area (Å²) >= 11 is 0. The third-order valence-corrected chi connectivity index (χ3v) is 4.63. The Morgan fingerprint density at radius 3 is 2.22 bits per heavy atom. The second-order valence-electron chi connectivity index (χ2n) is 5.56. The topological polar surface area (TPSA) is 38.3 Å². The van der Waals surface area contributed by atoms with E-state index in [0.717, 1.165) is 5.56 Å². The van der Waals surface area contributed by atoms with Gasteiger partial charge < -0.3 is 4.74 Å². The van der Waals surface area contributed by atoms with Crippen LogP contribution in [0.1, 0.15) is 26.3 Å². The van der Waals surface area contributed by atoms with Gasteiger partial charge >= 0.3 is 0 Å². The first-order valence-electron chi connectivity index (χ1n) is 5.87. The molecule has 0 bridgehead atoms. The molecule has 0 aliphatic carbocycles. The number of ether oxygens (including phenoxy) is 1. The van der Waals surface area contributed by atoms with Gasteiger partial charge in [-0.25, -0.2) is 13.3 Å². The molecule has 1 unspecified atom stereocenters. The van der Waals surface area contributed by atoms with Crippen molar-refractivity contribution in [3.63, 3.8) is 0 Å². The van der Waals surface area contributed by atoms with Crippen LogP contribution in [-0.2, 0) is 21.3 Å². The lowest BCUT2D eigenvalue weighted by Crippen LogP contribution is -2.59. The molecule has 18 heavy (non-hydrogen) atoms. The number of hydrogen-bond donors (Lipinski definition) is 1. The largest absolute Gasteiger partial charge is 0.377 e. The van der Waals surface area contributed by atoms with Crippen molar-refractivity contribution in [2.24, 2.45) is 0 Å². The summed E-state index contributed by atoms with van der Waals surface area (Å²) in [4.78, 5) is 0. The van der Waals surface area contributed by atoms with E-state index in [2.05, 4.69) is 4.72 Å². The molecule has 0 aromatic heterocycles. The van der Waals surface area contributed by atoms with Crippen LogP contribution < -0.4 is 4.72 Å². The van der Waals surface area contributed by atoms with Crippen molar-refractivity contribution < 1.29 is 13.3 Å². The van der Waals surface area contributed by atoms with Gasteiger partial charge in [-0.1, -0.05) is 12.1 Å². The molecule has 1 aromatic carbocycles. The molecule has 0 amide bonds. The van der Waals surface area contributed by atoms with Gasteiger partial charge in [0.1, 0.15) is 11.4 Å². The Morgan fingerprint density at radius 2 is 1.83 bits per heavy atom. The average molecular weight is 271 g/mol. The highest BCUT2D eigenvalue weighted by atomic mass is 32.2. The van der Waals surface area contributed by atoms with Crippen molar-refractivity contribution in [3.05, 3.63) is 35.6 Å². The molecule has 3 nitrogen and oxygen atoms in total. The Labute approximate surface area is 109 Å². The molecule has 0 saturated carbocycles. The van der Waals surface area contributed by atoms with E-state index in [1.807, 2.05) is 20.8 Å². The van der Waals surface area contributed by atoms with Crippen LogP contribution in [-0.4, -0.2) is 22.2 Å². The predicted molar refractivity (Wildman–Crippen MR) is 69.9 cm³/mol. The predicted octanol–water partition coefficient (Wildman–Crippen LogP) is 2.10. The number of hydrogen-bond acceptors (Lipinski definition) is 2. The number of halogens is 1. The molecule has 1 aliphatic rings. The third kappa shape index (κ3) is 2.63. The van der Waals surface area contributed by atoms with Crippen molar-refractivity contribution in [1.82, 2.24) is 4.72 Å². The minimum absolute atomic E-state index is 0.272. The fraction of sp³-hybridized carbons (Fsp3) is 0.538. The zero-order valence-corrected chi connectivity index (χ0v) is 11.6. The van der Waals surface area contributed by atoms with Gasteiger partial charge in [-0.2, -0.15) is 0 Å². The summed E-state index contributed by atoms with van der Waals surface area (Å²) < 4.78 is 33.2. The van der Waals surface area contributed by atoms with Crippen LogP contribution in [0.25, 0.3) is 0 Å². The second kappa shape index (κ2) is 4.72. The molecular weight excluding hydrogens is 253 g/mol. The first-order chi connectivity index (χ1) is 8.33. The average Bonchev–Trinajstić information content (AvgIpc) is 2.23. The quantitative estimate of drug-likeness (QED) is 0.914. The van der Waals surface area contributed by atoms with Gasteiger partial charge in [0.2, 0.25) is 0 Å². The molecule has 1 atom stereocenters. The van der Waals surface area contributed by atoms with E-state index in [-0.39, 0.29) is 10.6 Å². The zero-order chi connectivity index (χ0) is 13.4. The van der Waals surface area contributed by atoms with Crippen molar-refractivity contribution in [2.75, 3.05) is 13.2 Å². The number of rotatable bonds is 3. The van der Waals surface area contributed by atoms with Crippen molar-refractivity contribution in [1.29, 1.82) is 0 Å². The van der Waals surface area contributed by atoms with Crippen LogP contribution in [0.2, 0.25) is 0 Å². The summed E-state index contributed by atoms with van der Waals surface area (Å²) in [5, 5.41) is 0. The summed E-state index contributed by atoms with van der Waals surface area (Å²) in [7, 11) is -1.18. The van der Waals surface area contributed by atoms with Crippen molar-refractivity contribution in [3.8, 4) is 0 Å². The lowest BCUT2D eigenvalue weighted by Gasteiger charge is -2.43. The third-order valence-electron chi connectivity index (χ3n) is 2.94. The van der Waals surface area contributed by atoms with E-state index >= 15 is 0 Å². The zero-order valence-electron chi connectivity index (χ0n) is 10.8. The molecule has 5 heteroatoms. The Balaban J connectivity index is 2.21. The highest BCUT2D eigenvalue weighted by Crippen LogP contribution is 2.31. The minimum atomic E-state index is -1.18. The van der Waals surface area contributed by atoms with Crippen LogP contribution in [0.3, 0.4) is 0 Å². The number of nitrogens with one attached hydrogen (secondary N) is 1. The molecule has 100 valence electrons. The van der Waals surface area contributed by atoms with E-state index in [4.69, 9.17) is 4.74 Å². The van der Waals surface area contributed by atoms with Gasteiger partial charge in [0, 0.05) is 0 Å². The van der Waals surface area contributed by atoms with E-state index in [0.29, 0.717) is 13.2 Å². The molecule has 0 radical (unpaired) electrons. The van der Waals surface area contributed by atoms with Gasteiger partial charge in [-0.15, -0.1) is 0 Å². The highest BCUT2D eigenvalue weighted by Gasteiger charge is 2.43. The first kappa shape index (κ1) is 13.6.